The van der Waals surface area contributed by atoms with Gasteiger partial charge in [0, 0.05) is 44.3 Å². The summed E-state index contributed by atoms with van der Waals surface area (Å²) in [6.07, 6.45) is 0. The number of rotatable bonds is 6. The Balaban J connectivity index is 1.10. The third kappa shape index (κ3) is 4.98. The zero-order chi connectivity index (χ0) is 33.7. The van der Waals surface area contributed by atoms with Crippen molar-refractivity contribution in [1.29, 1.82) is 0 Å². The maximum atomic E-state index is 6.19. The number of nitrogens with zero attached hydrogens (tertiary/aromatic N) is 2. The molecule has 0 bridgehead atoms. The predicted molar refractivity (Wildman–Crippen MR) is 214 cm³/mol. The minimum atomic E-state index is 0.896. The highest BCUT2D eigenvalue weighted by molar-refractivity contribution is 6.11. The summed E-state index contributed by atoms with van der Waals surface area (Å²) < 4.78 is 8.58. The minimum Gasteiger partial charge on any atom is -0.456 e. The van der Waals surface area contributed by atoms with E-state index in [1.54, 1.807) is 0 Å². The predicted octanol–water partition coefficient (Wildman–Crippen LogP) is 13.5. The van der Waals surface area contributed by atoms with Crippen LogP contribution < -0.4 is 4.90 Å². The molecule has 0 saturated heterocycles. The smallest absolute Gasteiger partial charge is 0.135 e. The highest BCUT2D eigenvalue weighted by Crippen LogP contribution is 2.41. The normalized spacial score (nSPS) is 11.5. The van der Waals surface area contributed by atoms with E-state index in [2.05, 4.69) is 191 Å². The fraction of sp³-hybridized carbons (Fsp3) is 0. The van der Waals surface area contributed by atoms with Crippen LogP contribution in [0.25, 0.3) is 71.7 Å². The van der Waals surface area contributed by atoms with Gasteiger partial charge in [-0.1, -0.05) is 127 Å². The van der Waals surface area contributed by atoms with Crippen LogP contribution in [0.15, 0.2) is 199 Å². The van der Waals surface area contributed by atoms with Gasteiger partial charge in [-0.25, -0.2) is 0 Å². The van der Waals surface area contributed by atoms with E-state index in [1.165, 1.54) is 38.5 Å². The second-order valence-electron chi connectivity index (χ2n) is 13.0. The number of benzene rings is 8. The zero-order valence-corrected chi connectivity index (χ0v) is 27.8. The molecule has 0 fully saturated rings. The summed E-state index contributed by atoms with van der Waals surface area (Å²) >= 11 is 0. The van der Waals surface area contributed by atoms with Crippen molar-refractivity contribution in [2.24, 2.45) is 0 Å². The average Bonchev–Trinajstić information content (AvgIpc) is 3.74. The molecule has 2 heterocycles. The zero-order valence-electron chi connectivity index (χ0n) is 27.8. The lowest BCUT2D eigenvalue weighted by molar-refractivity contribution is 0.669. The lowest BCUT2D eigenvalue weighted by Crippen LogP contribution is -2.10. The number of anilines is 3. The van der Waals surface area contributed by atoms with E-state index in [4.69, 9.17) is 4.42 Å². The Morgan fingerprint density at radius 1 is 0.333 bits per heavy atom. The molecule has 0 amide bonds. The molecule has 0 aliphatic heterocycles. The van der Waals surface area contributed by atoms with Crippen LogP contribution in [0.5, 0.6) is 0 Å². The van der Waals surface area contributed by atoms with Crippen LogP contribution in [-0.4, -0.2) is 4.57 Å². The Hall–Kier alpha value is -6.84. The van der Waals surface area contributed by atoms with Crippen molar-refractivity contribution in [2.75, 3.05) is 4.90 Å². The first-order valence-corrected chi connectivity index (χ1v) is 17.3. The van der Waals surface area contributed by atoms with Crippen LogP contribution >= 0.6 is 0 Å². The lowest BCUT2D eigenvalue weighted by Gasteiger charge is -2.26. The molecular weight excluding hydrogens is 621 g/mol. The Bertz CT molecular complexity index is 2830. The SMILES string of the molecule is c1ccc(-c2ccc(-c3ccc(N(c4ccccc4)c4ccc5c6ccccc6n(-c6ccc7oc8ccccc8c7c6)c5c4)cc3)cc2)cc1. The van der Waals surface area contributed by atoms with Crippen LogP contribution in [0.1, 0.15) is 0 Å². The van der Waals surface area contributed by atoms with E-state index < -0.39 is 0 Å². The van der Waals surface area contributed by atoms with Gasteiger partial charge >= 0.3 is 0 Å². The fourth-order valence-corrected chi connectivity index (χ4v) is 7.54. The van der Waals surface area contributed by atoms with Crippen molar-refractivity contribution in [2.45, 2.75) is 0 Å². The number of fused-ring (bicyclic) bond motifs is 6. The third-order valence-electron chi connectivity index (χ3n) is 10.00. The highest BCUT2D eigenvalue weighted by atomic mass is 16.3. The molecule has 3 nitrogen and oxygen atoms in total. The Labute approximate surface area is 295 Å². The van der Waals surface area contributed by atoms with Gasteiger partial charge in [0.15, 0.2) is 0 Å². The van der Waals surface area contributed by atoms with E-state index in [0.717, 1.165) is 50.2 Å². The van der Waals surface area contributed by atoms with E-state index in [-0.39, 0.29) is 0 Å². The number of hydrogen-bond acceptors (Lipinski definition) is 2. The van der Waals surface area contributed by atoms with Crippen molar-refractivity contribution < 1.29 is 4.42 Å². The van der Waals surface area contributed by atoms with Crippen LogP contribution in [0.2, 0.25) is 0 Å². The largest absolute Gasteiger partial charge is 0.456 e. The molecule has 8 aromatic carbocycles. The van der Waals surface area contributed by atoms with Gasteiger partial charge in [0.25, 0.3) is 0 Å². The maximum absolute atomic E-state index is 6.19. The summed E-state index contributed by atoms with van der Waals surface area (Å²) in [6.45, 7) is 0. The molecule has 0 radical (unpaired) electrons. The summed E-state index contributed by atoms with van der Waals surface area (Å²) in [5.74, 6) is 0. The van der Waals surface area contributed by atoms with Crippen molar-refractivity contribution >= 4 is 60.8 Å². The Kier molecular flexibility index (Phi) is 6.81. The van der Waals surface area contributed by atoms with Gasteiger partial charge in [-0.05, 0) is 89.0 Å². The highest BCUT2D eigenvalue weighted by Gasteiger charge is 2.18. The van der Waals surface area contributed by atoms with Crippen LogP contribution in [-0.2, 0) is 0 Å². The first kappa shape index (κ1) is 29.1. The molecule has 10 aromatic rings. The summed E-state index contributed by atoms with van der Waals surface area (Å²) in [6, 6.07) is 69.2. The standard InChI is InChI=1S/C48H32N2O/c1-3-11-33(12-4-1)34-19-21-35(22-20-34)36-23-25-38(26-24-36)49(37-13-5-2-6-14-37)40-27-29-42-41-15-7-9-17-45(41)50(46(42)32-40)39-28-30-48-44(31-39)43-16-8-10-18-47(43)51-48/h1-32H. The summed E-state index contributed by atoms with van der Waals surface area (Å²) in [7, 11) is 0. The molecule has 0 unspecified atom stereocenters. The average molecular weight is 653 g/mol. The van der Waals surface area contributed by atoms with Crippen LogP contribution in [0.3, 0.4) is 0 Å². The number of hydrogen-bond donors (Lipinski definition) is 0. The molecule has 0 N–H and O–H groups in total. The van der Waals surface area contributed by atoms with Crippen molar-refractivity contribution in [1.82, 2.24) is 4.57 Å². The lowest BCUT2D eigenvalue weighted by atomic mass is 10.00. The van der Waals surface area contributed by atoms with E-state index in [1.807, 2.05) is 12.1 Å². The quantitative estimate of drug-likeness (QED) is 0.178. The number of aromatic nitrogens is 1. The van der Waals surface area contributed by atoms with E-state index in [9.17, 15) is 0 Å². The number of furan rings is 1. The first-order chi connectivity index (χ1) is 25.3. The molecule has 0 spiro atoms. The van der Waals surface area contributed by atoms with Gasteiger partial charge in [0.05, 0.1) is 11.0 Å². The summed E-state index contributed by atoms with van der Waals surface area (Å²) in [4.78, 5) is 2.34. The molecule has 0 aliphatic rings. The van der Waals surface area contributed by atoms with Gasteiger partial charge < -0.3 is 13.9 Å². The molecule has 51 heavy (non-hydrogen) atoms. The van der Waals surface area contributed by atoms with Gasteiger partial charge in [-0.2, -0.15) is 0 Å². The number of para-hydroxylation sites is 3. The monoisotopic (exact) mass is 652 g/mol. The van der Waals surface area contributed by atoms with Crippen molar-refractivity contribution in [3.63, 3.8) is 0 Å². The summed E-state index contributed by atoms with van der Waals surface area (Å²) in [5, 5.41) is 4.69. The first-order valence-electron chi connectivity index (χ1n) is 17.3. The molecule has 3 heteroatoms. The Morgan fingerprint density at radius 3 is 1.61 bits per heavy atom. The summed E-state index contributed by atoms with van der Waals surface area (Å²) in [5.41, 5.74) is 13.3. The minimum absolute atomic E-state index is 0.896. The maximum Gasteiger partial charge on any atom is 0.135 e. The molecule has 10 rings (SSSR count). The van der Waals surface area contributed by atoms with Crippen LogP contribution in [0.4, 0.5) is 17.1 Å². The van der Waals surface area contributed by atoms with E-state index >= 15 is 0 Å². The van der Waals surface area contributed by atoms with E-state index in [0.29, 0.717) is 0 Å². The van der Waals surface area contributed by atoms with Gasteiger partial charge in [0.1, 0.15) is 11.2 Å². The Morgan fingerprint density at radius 2 is 0.863 bits per heavy atom. The van der Waals surface area contributed by atoms with Gasteiger partial charge in [-0.15, -0.1) is 0 Å². The molecule has 2 aromatic heterocycles. The third-order valence-corrected chi connectivity index (χ3v) is 10.00. The fourth-order valence-electron chi connectivity index (χ4n) is 7.54. The molecule has 0 atom stereocenters. The topological polar surface area (TPSA) is 21.3 Å². The molecular formula is C48H32N2O. The van der Waals surface area contributed by atoms with Crippen molar-refractivity contribution in [3.8, 4) is 27.9 Å². The molecule has 240 valence electrons. The van der Waals surface area contributed by atoms with Crippen molar-refractivity contribution in [3.05, 3.63) is 194 Å². The van der Waals surface area contributed by atoms with Gasteiger partial charge in [0.2, 0.25) is 0 Å². The molecule has 0 saturated carbocycles. The molecule has 0 aliphatic carbocycles. The second-order valence-corrected chi connectivity index (χ2v) is 13.0. The van der Waals surface area contributed by atoms with Gasteiger partial charge in [-0.3, -0.25) is 0 Å². The second kappa shape index (κ2) is 11.9. The van der Waals surface area contributed by atoms with Crippen LogP contribution in [0, 0.1) is 0 Å².